The van der Waals surface area contributed by atoms with Crippen LogP contribution in [0.3, 0.4) is 0 Å². The molecule has 0 saturated heterocycles. The first kappa shape index (κ1) is 13.5. The van der Waals surface area contributed by atoms with Gasteiger partial charge in [-0.25, -0.2) is 4.39 Å². The van der Waals surface area contributed by atoms with Crippen LogP contribution in [0.1, 0.15) is 23.2 Å². The highest BCUT2D eigenvalue weighted by Gasteiger charge is 2.20. The fourth-order valence-corrected chi connectivity index (χ4v) is 1.52. The number of carboxylic acid groups (broad SMARTS) is 1. The summed E-state index contributed by atoms with van der Waals surface area (Å²) in [6.45, 7) is 0. The van der Waals surface area contributed by atoms with Gasteiger partial charge in [0, 0.05) is 10.9 Å². The van der Waals surface area contributed by atoms with Crippen molar-refractivity contribution in [1.82, 2.24) is 0 Å². The first-order valence-electron chi connectivity index (χ1n) is 4.66. The van der Waals surface area contributed by atoms with Crippen molar-refractivity contribution in [1.29, 1.82) is 0 Å². The van der Waals surface area contributed by atoms with Gasteiger partial charge in [-0.1, -0.05) is 15.9 Å². The second-order valence-electron chi connectivity index (χ2n) is 3.27. The summed E-state index contributed by atoms with van der Waals surface area (Å²) in [5, 5.41) is 8.37. The minimum Gasteiger partial charge on any atom is -0.481 e. The highest BCUT2D eigenvalue weighted by molar-refractivity contribution is 9.10. The molecule has 90 valence electrons. The van der Waals surface area contributed by atoms with E-state index in [0.717, 1.165) is 6.07 Å². The Hall–Kier alpha value is -1.56. The highest BCUT2D eigenvalue weighted by atomic mass is 79.9. The quantitative estimate of drug-likeness (QED) is 0.668. The lowest BCUT2D eigenvalue weighted by molar-refractivity contribution is -0.138. The number of benzene rings is 1. The van der Waals surface area contributed by atoms with Gasteiger partial charge >= 0.3 is 5.97 Å². The van der Waals surface area contributed by atoms with Gasteiger partial charge in [0.15, 0.2) is 0 Å². The van der Waals surface area contributed by atoms with Crippen molar-refractivity contribution in [2.45, 2.75) is 12.8 Å². The third-order valence-electron chi connectivity index (χ3n) is 1.99. The minimum absolute atomic E-state index is 0.352. The minimum atomic E-state index is -1.18. The molecule has 0 aliphatic heterocycles. The maximum atomic E-state index is 13.3. The molecule has 0 amide bonds. The first-order chi connectivity index (χ1) is 7.91. The average molecular weight is 303 g/mol. The molecule has 0 saturated carbocycles. The SMILES string of the molecule is O=C(O)CCC(=O)C(=O)c1cc(Br)ccc1F. The number of hydrogen-bond acceptors (Lipinski definition) is 3. The van der Waals surface area contributed by atoms with Crippen molar-refractivity contribution in [2.75, 3.05) is 0 Å². The Morgan fingerprint density at radius 2 is 1.88 bits per heavy atom. The van der Waals surface area contributed by atoms with Crippen molar-refractivity contribution in [2.24, 2.45) is 0 Å². The number of aliphatic carboxylic acids is 1. The molecule has 0 fully saturated rings. The Morgan fingerprint density at radius 1 is 1.24 bits per heavy atom. The maximum Gasteiger partial charge on any atom is 0.303 e. The molecule has 4 nitrogen and oxygen atoms in total. The lowest BCUT2D eigenvalue weighted by Crippen LogP contribution is -2.16. The molecule has 6 heteroatoms. The zero-order chi connectivity index (χ0) is 13.0. The fourth-order valence-electron chi connectivity index (χ4n) is 1.16. The molecule has 0 aromatic heterocycles. The van der Waals surface area contributed by atoms with E-state index in [0.29, 0.717) is 4.47 Å². The second-order valence-corrected chi connectivity index (χ2v) is 4.19. The summed E-state index contributed by atoms with van der Waals surface area (Å²) in [6.07, 6.45) is -0.875. The van der Waals surface area contributed by atoms with Gasteiger partial charge < -0.3 is 5.11 Å². The highest BCUT2D eigenvalue weighted by Crippen LogP contribution is 2.16. The number of Topliss-reactive ketones (excluding diaryl/α,β-unsaturated/α-hetero) is 2. The molecule has 0 unspecified atom stereocenters. The Morgan fingerprint density at radius 3 is 2.47 bits per heavy atom. The van der Waals surface area contributed by atoms with E-state index in [1.54, 1.807) is 0 Å². The Kier molecular flexibility index (Phi) is 4.51. The zero-order valence-corrected chi connectivity index (χ0v) is 10.2. The molecular formula is C11H8BrFO4. The van der Waals surface area contributed by atoms with Gasteiger partial charge in [-0.2, -0.15) is 0 Å². The number of carboxylic acids is 1. The molecule has 0 atom stereocenters. The smallest absolute Gasteiger partial charge is 0.303 e. The molecule has 1 aromatic carbocycles. The summed E-state index contributed by atoms with van der Waals surface area (Å²) in [4.78, 5) is 33.1. The van der Waals surface area contributed by atoms with E-state index >= 15 is 0 Å². The molecule has 0 heterocycles. The lowest BCUT2D eigenvalue weighted by Gasteiger charge is -2.01. The topological polar surface area (TPSA) is 71.4 Å². The van der Waals surface area contributed by atoms with Crippen molar-refractivity contribution < 1.29 is 23.9 Å². The van der Waals surface area contributed by atoms with Crippen LogP contribution >= 0.6 is 15.9 Å². The van der Waals surface area contributed by atoms with Crippen LogP contribution in [0.15, 0.2) is 22.7 Å². The normalized spacial score (nSPS) is 10.0. The number of carbonyl (C=O) groups is 3. The summed E-state index contributed by atoms with van der Waals surface area (Å²) >= 11 is 3.05. The molecule has 17 heavy (non-hydrogen) atoms. The molecule has 1 aromatic rings. The Labute approximate surface area is 105 Å². The van der Waals surface area contributed by atoms with Gasteiger partial charge in [-0.15, -0.1) is 0 Å². The van der Waals surface area contributed by atoms with Gasteiger partial charge in [0.05, 0.1) is 12.0 Å². The van der Waals surface area contributed by atoms with Crippen LogP contribution in [-0.2, 0) is 9.59 Å². The van der Waals surface area contributed by atoms with Crippen LogP contribution in [0.5, 0.6) is 0 Å². The maximum absolute atomic E-state index is 13.3. The molecule has 1 rings (SSSR count). The van der Waals surface area contributed by atoms with Crippen LogP contribution in [-0.4, -0.2) is 22.6 Å². The van der Waals surface area contributed by atoms with E-state index in [1.807, 2.05) is 0 Å². The third-order valence-corrected chi connectivity index (χ3v) is 2.49. The number of halogens is 2. The molecule has 0 radical (unpaired) electrons. The van der Waals surface area contributed by atoms with Crippen molar-refractivity contribution >= 4 is 33.5 Å². The van der Waals surface area contributed by atoms with Crippen molar-refractivity contribution in [3.8, 4) is 0 Å². The van der Waals surface area contributed by atoms with E-state index in [1.165, 1.54) is 12.1 Å². The number of carbonyl (C=O) groups excluding carboxylic acids is 2. The van der Waals surface area contributed by atoms with Crippen LogP contribution in [0.2, 0.25) is 0 Å². The molecule has 1 N–H and O–H groups in total. The first-order valence-corrected chi connectivity index (χ1v) is 5.45. The molecule has 0 aliphatic rings. The fraction of sp³-hybridized carbons (Fsp3) is 0.182. The predicted molar refractivity (Wildman–Crippen MR) is 60.3 cm³/mol. The largest absolute Gasteiger partial charge is 0.481 e. The van der Waals surface area contributed by atoms with Crippen molar-refractivity contribution in [3.63, 3.8) is 0 Å². The molecule has 0 spiro atoms. The summed E-state index contributed by atoms with van der Waals surface area (Å²) < 4.78 is 13.7. The van der Waals surface area contributed by atoms with Crippen LogP contribution in [0, 0.1) is 5.82 Å². The van der Waals surface area contributed by atoms with Gasteiger partial charge in [0.1, 0.15) is 5.82 Å². The van der Waals surface area contributed by atoms with Gasteiger partial charge in [0.2, 0.25) is 11.6 Å². The number of rotatable bonds is 5. The van der Waals surface area contributed by atoms with E-state index < -0.39 is 36.2 Å². The van der Waals surface area contributed by atoms with Crippen LogP contribution in [0.25, 0.3) is 0 Å². The monoisotopic (exact) mass is 302 g/mol. The van der Waals surface area contributed by atoms with E-state index in [2.05, 4.69) is 15.9 Å². The Balaban J connectivity index is 2.85. The summed E-state index contributed by atoms with van der Waals surface area (Å²) in [5.41, 5.74) is -0.352. The lowest BCUT2D eigenvalue weighted by atomic mass is 10.0. The van der Waals surface area contributed by atoms with E-state index in [-0.39, 0.29) is 5.56 Å². The summed E-state index contributed by atoms with van der Waals surface area (Å²) in [5.74, 6) is -3.91. The van der Waals surface area contributed by atoms with Crippen molar-refractivity contribution in [3.05, 3.63) is 34.1 Å². The summed E-state index contributed by atoms with van der Waals surface area (Å²) in [7, 11) is 0. The molecule has 0 bridgehead atoms. The van der Waals surface area contributed by atoms with Gasteiger partial charge in [-0.05, 0) is 18.2 Å². The summed E-state index contributed by atoms with van der Waals surface area (Å²) in [6, 6.07) is 3.64. The van der Waals surface area contributed by atoms with E-state index in [4.69, 9.17) is 5.11 Å². The van der Waals surface area contributed by atoms with Crippen LogP contribution < -0.4 is 0 Å². The predicted octanol–water partition coefficient (Wildman–Crippen LogP) is 2.20. The average Bonchev–Trinajstić information content (AvgIpc) is 2.28. The molecular weight excluding hydrogens is 295 g/mol. The molecule has 0 aliphatic carbocycles. The van der Waals surface area contributed by atoms with Gasteiger partial charge in [0.25, 0.3) is 0 Å². The Bertz CT molecular complexity index is 484. The third kappa shape index (κ3) is 3.74. The van der Waals surface area contributed by atoms with E-state index in [9.17, 15) is 18.8 Å². The number of hydrogen-bond donors (Lipinski definition) is 1. The standard InChI is InChI=1S/C11H8BrFO4/c12-6-1-2-8(13)7(5-6)11(17)9(14)3-4-10(15)16/h1-2,5H,3-4H2,(H,15,16). The second kappa shape index (κ2) is 5.67. The van der Waals surface area contributed by atoms with Crippen LogP contribution in [0.4, 0.5) is 4.39 Å². The zero-order valence-electron chi connectivity index (χ0n) is 8.57. The number of ketones is 2. The van der Waals surface area contributed by atoms with Gasteiger partial charge in [-0.3, -0.25) is 14.4 Å².